The Hall–Kier alpha value is -1.10. The molecule has 1 N–H and O–H groups in total. The first kappa shape index (κ1) is 13.0. The van der Waals surface area contributed by atoms with Gasteiger partial charge in [-0.2, -0.15) is 0 Å². The van der Waals surface area contributed by atoms with Crippen LogP contribution in [0.1, 0.15) is 30.9 Å². The molecule has 0 radical (unpaired) electrons. The van der Waals surface area contributed by atoms with Crippen LogP contribution in [0, 0.1) is 12.7 Å². The number of sulfonamides is 1. The quantitative estimate of drug-likeness (QED) is 0.889. The van der Waals surface area contributed by atoms with Crippen LogP contribution in [0.3, 0.4) is 0 Å². The van der Waals surface area contributed by atoms with E-state index in [2.05, 4.69) is 4.72 Å². The summed E-state index contributed by atoms with van der Waals surface area (Å²) in [6.45, 7) is 5.53. The molecule has 0 saturated carbocycles. The Morgan fingerprint density at radius 2 is 1.88 bits per heavy atom. The lowest BCUT2D eigenvalue weighted by atomic mass is 10.00. The topological polar surface area (TPSA) is 46.2 Å². The van der Waals surface area contributed by atoms with Gasteiger partial charge in [-0.3, -0.25) is 4.72 Å². The van der Waals surface area contributed by atoms with Crippen LogP contribution in [-0.2, 0) is 10.0 Å². The summed E-state index contributed by atoms with van der Waals surface area (Å²) in [7, 11) is -3.37. The lowest BCUT2D eigenvalue weighted by molar-refractivity contribution is 0.598. The molecular weight excluding hydrogens is 229 g/mol. The molecular formula is C11H16FNO2S. The van der Waals surface area contributed by atoms with Crippen LogP contribution in [0.2, 0.25) is 0 Å². The number of aryl methyl sites for hydroxylation is 1. The zero-order valence-corrected chi connectivity index (χ0v) is 10.7. The van der Waals surface area contributed by atoms with E-state index < -0.39 is 10.0 Å². The van der Waals surface area contributed by atoms with Crippen LogP contribution >= 0.6 is 0 Å². The summed E-state index contributed by atoms with van der Waals surface area (Å²) in [5, 5.41) is 0. The summed E-state index contributed by atoms with van der Waals surface area (Å²) < 4.78 is 38.0. The van der Waals surface area contributed by atoms with Crippen molar-refractivity contribution < 1.29 is 12.8 Å². The molecule has 0 saturated heterocycles. The second-order valence-corrected chi connectivity index (χ2v) is 5.97. The van der Waals surface area contributed by atoms with Gasteiger partial charge in [-0.1, -0.05) is 19.9 Å². The molecule has 0 atom stereocenters. The average molecular weight is 245 g/mol. The zero-order chi connectivity index (χ0) is 12.5. The van der Waals surface area contributed by atoms with E-state index in [1.165, 1.54) is 6.07 Å². The Morgan fingerprint density at radius 1 is 1.31 bits per heavy atom. The third-order valence-electron chi connectivity index (χ3n) is 2.26. The molecule has 3 nitrogen and oxygen atoms in total. The Labute approximate surface area is 95.7 Å². The summed E-state index contributed by atoms with van der Waals surface area (Å²) in [5.74, 6) is -0.308. The minimum atomic E-state index is -3.37. The predicted molar refractivity (Wildman–Crippen MR) is 63.7 cm³/mol. The summed E-state index contributed by atoms with van der Waals surface area (Å²) in [4.78, 5) is 0. The van der Waals surface area contributed by atoms with Crippen molar-refractivity contribution in [1.82, 2.24) is 0 Å². The van der Waals surface area contributed by atoms with Crippen molar-refractivity contribution in [2.45, 2.75) is 26.7 Å². The number of benzene rings is 1. The van der Waals surface area contributed by atoms with Gasteiger partial charge in [0.1, 0.15) is 5.82 Å². The summed E-state index contributed by atoms with van der Waals surface area (Å²) >= 11 is 0. The highest BCUT2D eigenvalue weighted by atomic mass is 32.2. The average Bonchev–Trinajstić information content (AvgIpc) is 2.07. The van der Waals surface area contributed by atoms with Crippen molar-refractivity contribution in [3.05, 3.63) is 29.1 Å². The first-order chi connectivity index (χ1) is 7.20. The van der Waals surface area contributed by atoms with E-state index in [1.54, 1.807) is 13.0 Å². The zero-order valence-electron chi connectivity index (χ0n) is 9.83. The van der Waals surface area contributed by atoms with Gasteiger partial charge in [0.05, 0.1) is 11.9 Å². The lowest BCUT2D eigenvalue weighted by Gasteiger charge is -2.13. The molecule has 0 fully saturated rings. The maximum Gasteiger partial charge on any atom is 0.229 e. The molecule has 1 aromatic carbocycles. The number of rotatable bonds is 3. The van der Waals surface area contributed by atoms with Crippen molar-refractivity contribution >= 4 is 15.7 Å². The largest absolute Gasteiger partial charge is 0.283 e. The van der Waals surface area contributed by atoms with Crippen LogP contribution in [-0.4, -0.2) is 14.7 Å². The Balaban J connectivity index is 3.21. The Kier molecular flexibility index (Phi) is 3.57. The van der Waals surface area contributed by atoms with Gasteiger partial charge in [-0.05, 0) is 30.0 Å². The summed E-state index contributed by atoms with van der Waals surface area (Å²) in [5.41, 5.74) is 1.61. The van der Waals surface area contributed by atoms with Crippen molar-refractivity contribution in [1.29, 1.82) is 0 Å². The molecule has 0 spiro atoms. The van der Waals surface area contributed by atoms with E-state index in [-0.39, 0.29) is 11.7 Å². The van der Waals surface area contributed by atoms with E-state index in [4.69, 9.17) is 0 Å². The molecule has 0 unspecified atom stereocenters. The number of anilines is 1. The van der Waals surface area contributed by atoms with Gasteiger partial charge in [0.15, 0.2) is 0 Å². The molecule has 0 aliphatic heterocycles. The van der Waals surface area contributed by atoms with Crippen LogP contribution in [0.4, 0.5) is 10.1 Å². The van der Waals surface area contributed by atoms with Crippen molar-refractivity contribution in [3.8, 4) is 0 Å². The number of hydrogen-bond acceptors (Lipinski definition) is 2. The maximum absolute atomic E-state index is 13.6. The molecule has 0 heterocycles. The van der Waals surface area contributed by atoms with Crippen LogP contribution in [0.15, 0.2) is 12.1 Å². The molecule has 0 aliphatic rings. The molecule has 16 heavy (non-hydrogen) atoms. The molecule has 0 aromatic heterocycles. The first-order valence-corrected chi connectivity index (χ1v) is 6.87. The minimum Gasteiger partial charge on any atom is -0.283 e. The minimum absolute atomic E-state index is 0.0750. The third-order valence-corrected chi connectivity index (χ3v) is 2.85. The fourth-order valence-electron chi connectivity index (χ4n) is 1.46. The molecule has 90 valence electrons. The van der Waals surface area contributed by atoms with Crippen molar-refractivity contribution in [2.24, 2.45) is 0 Å². The van der Waals surface area contributed by atoms with Gasteiger partial charge in [0, 0.05) is 0 Å². The van der Waals surface area contributed by atoms with E-state index in [0.717, 1.165) is 11.8 Å². The molecule has 1 aromatic rings. The highest BCUT2D eigenvalue weighted by Crippen LogP contribution is 2.25. The van der Waals surface area contributed by atoms with Crippen molar-refractivity contribution in [2.75, 3.05) is 11.0 Å². The van der Waals surface area contributed by atoms with Gasteiger partial charge in [0.25, 0.3) is 0 Å². The van der Waals surface area contributed by atoms with Gasteiger partial charge in [-0.15, -0.1) is 0 Å². The molecule has 0 bridgehead atoms. The van der Waals surface area contributed by atoms with E-state index in [0.29, 0.717) is 11.3 Å². The molecule has 0 amide bonds. The first-order valence-electron chi connectivity index (χ1n) is 4.98. The third kappa shape index (κ3) is 3.20. The molecule has 0 aliphatic carbocycles. The second-order valence-electron chi connectivity index (χ2n) is 4.22. The van der Waals surface area contributed by atoms with Gasteiger partial charge in [-0.25, -0.2) is 12.8 Å². The fraction of sp³-hybridized carbons (Fsp3) is 0.455. The van der Waals surface area contributed by atoms with Gasteiger partial charge >= 0.3 is 0 Å². The second kappa shape index (κ2) is 4.41. The molecule has 1 rings (SSSR count). The number of halogens is 1. The van der Waals surface area contributed by atoms with E-state index in [1.807, 2.05) is 13.8 Å². The fourth-order valence-corrected chi connectivity index (χ4v) is 2.08. The summed E-state index contributed by atoms with van der Waals surface area (Å²) in [6.07, 6.45) is 1.04. The molecule has 5 heteroatoms. The van der Waals surface area contributed by atoms with E-state index >= 15 is 0 Å². The standard InChI is InChI=1S/C11H16FNO2S/c1-7(2)9-5-8(3)11(6-10(9)12)13-16(4,14)15/h5-7,13H,1-4H3. The highest BCUT2D eigenvalue weighted by molar-refractivity contribution is 7.92. The van der Waals surface area contributed by atoms with E-state index in [9.17, 15) is 12.8 Å². The summed E-state index contributed by atoms with van der Waals surface area (Å²) in [6, 6.07) is 2.90. The normalized spacial score (nSPS) is 11.9. The highest BCUT2D eigenvalue weighted by Gasteiger charge is 2.12. The van der Waals surface area contributed by atoms with Crippen LogP contribution in [0.5, 0.6) is 0 Å². The maximum atomic E-state index is 13.6. The Morgan fingerprint density at radius 3 is 2.31 bits per heavy atom. The SMILES string of the molecule is Cc1cc(C(C)C)c(F)cc1NS(C)(=O)=O. The number of hydrogen-bond donors (Lipinski definition) is 1. The lowest BCUT2D eigenvalue weighted by Crippen LogP contribution is -2.11. The van der Waals surface area contributed by atoms with Gasteiger partial charge < -0.3 is 0 Å². The number of nitrogens with one attached hydrogen (secondary N) is 1. The van der Waals surface area contributed by atoms with Crippen LogP contribution in [0.25, 0.3) is 0 Å². The monoisotopic (exact) mass is 245 g/mol. The Bertz CT molecular complexity index is 495. The van der Waals surface area contributed by atoms with Crippen LogP contribution < -0.4 is 4.72 Å². The predicted octanol–water partition coefficient (Wildman–Crippen LogP) is 2.63. The van der Waals surface area contributed by atoms with Crippen molar-refractivity contribution in [3.63, 3.8) is 0 Å². The smallest absolute Gasteiger partial charge is 0.229 e. The van der Waals surface area contributed by atoms with Gasteiger partial charge in [0.2, 0.25) is 10.0 Å².